The molecule has 0 radical (unpaired) electrons. The number of carbonyl (C=O) groups is 1. The number of oxazole rings is 1. The number of carbonyl (C=O) groups excluding carboxylic acids is 1. The molecule has 0 unspecified atom stereocenters. The summed E-state index contributed by atoms with van der Waals surface area (Å²) in [5, 5.41) is 7.79. The van der Waals surface area contributed by atoms with E-state index in [1.165, 1.54) is 11.3 Å². The predicted octanol–water partition coefficient (Wildman–Crippen LogP) is 5.67. The van der Waals surface area contributed by atoms with E-state index < -0.39 is 0 Å². The van der Waals surface area contributed by atoms with Gasteiger partial charge in [0.1, 0.15) is 5.76 Å². The van der Waals surface area contributed by atoms with Crippen LogP contribution >= 0.6 is 34.3 Å². The number of nitrogens with zero attached hydrogens (tertiary/aromatic N) is 2. The molecule has 4 rings (SSSR count). The number of thiophene rings is 1. The molecule has 27 heavy (non-hydrogen) atoms. The number of rotatable bonds is 5. The average Bonchev–Trinajstić information content (AvgIpc) is 3.38. The number of halogens is 1. The third-order valence-electron chi connectivity index (χ3n) is 3.85. The molecule has 0 aliphatic carbocycles. The zero-order valence-electron chi connectivity index (χ0n) is 14.2. The Morgan fingerprint density at radius 1 is 1.19 bits per heavy atom. The van der Waals surface area contributed by atoms with Gasteiger partial charge >= 0.3 is 0 Å². The molecule has 0 saturated heterocycles. The summed E-state index contributed by atoms with van der Waals surface area (Å²) in [7, 11) is 0. The lowest BCUT2D eigenvalue weighted by Gasteiger charge is -2.01. The molecule has 136 valence electrons. The van der Waals surface area contributed by atoms with Crippen LogP contribution in [0.3, 0.4) is 0 Å². The molecular weight excluding hydrogens is 402 g/mol. The Hall–Kier alpha value is -2.48. The molecule has 3 aromatic heterocycles. The number of hydrogen-bond acceptors (Lipinski definition) is 6. The second-order valence-corrected chi connectivity index (χ2v) is 7.95. The fourth-order valence-electron chi connectivity index (χ4n) is 2.54. The number of amides is 1. The Kier molecular flexibility index (Phi) is 5.07. The Morgan fingerprint density at radius 3 is 2.81 bits per heavy atom. The Morgan fingerprint density at radius 2 is 2.04 bits per heavy atom. The van der Waals surface area contributed by atoms with Gasteiger partial charge in [-0.2, -0.15) is 0 Å². The standard InChI is InChI=1S/C19H14ClN3O2S2/c1-11-14(21-18(25-11)16-7-4-8-26-16)9-17(24)23-19-22-15(10-27-19)12-5-2-3-6-13(12)20/h2-8,10H,9H2,1H3,(H,22,23,24). The van der Waals surface area contributed by atoms with Crippen molar-refractivity contribution in [2.75, 3.05) is 5.32 Å². The summed E-state index contributed by atoms with van der Waals surface area (Å²) in [5.41, 5.74) is 2.20. The monoisotopic (exact) mass is 415 g/mol. The molecule has 5 nitrogen and oxygen atoms in total. The van der Waals surface area contributed by atoms with Crippen molar-refractivity contribution in [3.8, 4) is 22.0 Å². The van der Waals surface area contributed by atoms with Crippen LogP contribution < -0.4 is 5.32 Å². The van der Waals surface area contributed by atoms with Crippen LogP contribution in [0.15, 0.2) is 51.6 Å². The summed E-state index contributed by atoms with van der Waals surface area (Å²) in [6.45, 7) is 1.81. The molecule has 4 aromatic rings. The van der Waals surface area contributed by atoms with Gasteiger partial charge in [0.2, 0.25) is 11.8 Å². The second kappa shape index (κ2) is 7.64. The normalized spacial score (nSPS) is 10.9. The third-order valence-corrected chi connectivity index (χ3v) is 5.80. The van der Waals surface area contributed by atoms with E-state index >= 15 is 0 Å². The summed E-state index contributed by atoms with van der Waals surface area (Å²) in [6.07, 6.45) is 0.127. The first-order valence-corrected chi connectivity index (χ1v) is 10.2. The maximum atomic E-state index is 12.4. The van der Waals surface area contributed by atoms with E-state index in [1.54, 1.807) is 11.3 Å². The van der Waals surface area contributed by atoms with E-state index in [4.69, 9.17) is 16.0 Å². The Labute approximate surface area is 168 Å². The molecule has 1 aromatic carbocycles. The number of nitrogens with one attached hydrogen (secondary N) is 1. The number of aromatic nitrogens is 2. The third kappa shape index (κ3) is 3.95. The molecule has 1 N–H and O–H groups in total. The highest BCUT2D eigenvalue weighted by atomic mass is 35.5. The molecule has 0 saturated carbocycles. The zero-order valence-corrected chi connectivity index (χ0v) is 16.6. The van der Waals surface area contributed by atoms with Gasteiger partial charge in [0, 0.05) is 16.0 Å². The van der Waals surface area contributed by atoms with E-state index in [-0.39, 0.29) is 12.3 Å². The smallest absolute Gasteiger partial charge is 0.236 e. The lowest BCUT2D eigenvalue weighted by atomic mass is 10.2. The maximum Gasteiger partial charge on any atom is 0.236 e. The largest absolute Gasteiger partial charge is 0.440 e. The first kappa shape index (κ1) is 17.9. The van der Waals surface area contributed by atoms with Crippen LogP contribution in [0.5, 0.6) is 0 Å². The summed E-state index contributed by atoms with van der Waals surface area (Å²) in [5.74, 6) is 0.995. The number of thiazole rings is 1. The van der Waals surface area contributed by atoms with Crippen LogP contribution in [0.1, 0.15) is 11.5 Å². The van der Waals surface area contributed by atoms with Gasteiger partial charge in [0.25, 0.3) is 0 Å². The van der Waals surface area contributed by atoms with Gasteiger partial charge in [-0.1, -0.05) is 35.9 Å². The number of anilines is 1. The number of benzene rings is 1. The van der Waals surface area contributed by atoms with Crippen LogP contribution in [0, 0.1) is 6.92 Å². The highest BCUT2D eigenvalue weighted by Gasteiger charge is 2.16. The first-order valence-electron chi connectivity index (χ1n) is 8.10. The molecule has 0 bridgehead atoms. The minimum atomic E-state index is -0.191. The lowest BCUT2D eigenvalue weighted by molar-refractivity contribution is -0.115. The molecule has 0 aliphatic rings. The van der Waals surface area contributed by atoms with Crippen LogP contribution in [0.4, 0.5) is 5.13 Å². The summed E-state index contributed by atoms with van der Waals surface area (Å²) < 4.78 is 5.68. The molecule has 0 aliphatic heterocycles. The van der Waals surface area contributed by atoms with Gasteiger partial charge < -0.3 is 9.73 Å². The Bertz CT molecular complexity index is 1090. The molecule has 0 atom stereocenters. The minimum Gasteiger partial charge on any atom is -0.440 e. The van der Waals surface area contributed by atoms with E-state index in [1.807, 2.05) is 54.1 Å². The lowest BCUT2D eigenvalue weighted by Crippen LogP contribution is -2.15. The van der Waals surface area contributed by atoms with Crippen molar-refractivity contribution in [1.82, 2.24) is 9.97 Å². The van der Waals surface area contributed by atoms with Gasteiger partial charge in [0.05, 0.1) is 22.7 Å². The SMILES string of the molecule is Cc1oc(-c2cccs2)nc1CC(=O)Nc1nc(-c2ccccc2Cl)cs1. The van der Waals surface area contributed by atoms with Crippen molar-refractivity contribution in [2.45, 2.75) is 13.3 Å². The highest BCUT2D eigenvalue weighted by Crippen LogP contribution is 2.30. The zero-order chi connectivity index (χ0) is 18.8. The molecule has 1 amide bonds. The number of hydrogen-bond donors (Lipinski definition) is 1. The fraction of sp³-hybridized carbons (Fsp3) is 0.105. The average molecular weight is 416 g/mol. The van der Waals surface area contributed by atoms with Gasteiger partial charge in [-0.25, -0.2) is 9.97 Å². The van der Waals surface area contributed by atoms with Gasteiger partial charge in [-0.3, -0.25) is 4.79 Å². The van der Waals surface area contributed by atoms with E-state index in [2.05, 4.69) is 15.3 Å². The van der Waals surface area contributed by atoms with Crippen molar-refractivity contribution in [3.63, 3.8) is 0 Å². The van der Waals surface area contributed by atoms with E-state index in [0.717, 1.165) is 16.1 Å². The minimum absolute atomic E-state index is 0.127. The topological polar surface area (TPSA) is 68.0 Å². The van der Waals surface area contributed by atoms with Crippen LogP contribution in [0.2, 0.25) is 5.02 Å². The van der Waals surface area contributed by atoms with Gasteiger partial charge in [0.15, 0.2) is 5.13 Å². The molecule has 0 spiro atoms. The van der Waals surface area contributed by atoms with Crippen molar-refractivity contribution in [3.05, 3.63) is 63.6 Å². The molecule has 0 fully saturated rings. The summed E-state index contributed by atoms with van der Waals surface area (Å²) >= 11 is 9.10. The molecular formula is C19H14ClN3O2S2. The highest BCUT2D eigenvalue weighted by molar-refractivity contribution is 7.14. The van der Waals surface area contributed by atoms with Crippen molar-refractivity contribution >= 4 is 45.3 Å². The molecule has 8 heteroatoms. The quantitative estimate of drug-likeness (QED) is 0.456. The fourth-order valence-corrected chi connectivity index (χ4v) is 4.15. The Balaban J connectivity index is 1.45. The van der Waals surface area contributed by atoms with Crippen molar-refractivity contribution in [1.29, 1.82) is 0 Å². The number of aryl methyl sites for hydroxylation is 1. The summed E-state index contributed by atoms with van der Waals surface area (Å²) in [6, 6.07) is 11.3. The van der Waals surface area contributed by atoms with Crippen molar-refractivity contribution < 1.29 is 9.21 Å². The van der Waals surface area contributed by atoms with Crippen LogP contribution in [-0.4, -0.2) is 15.9 Å². The first-order chi connectivity index (χ1) is 13.1. The molecule has 3 heterocycles. The maximum absolute atomic E-state index is 12.4. The second-order valence-electron chi connectivity index (χ2n) is 5.74. The summed E-state index contributed by atoms with van der Waals surface area (Å²) in [4.78, 5) is 22.2. The van der Waals surface area contributed by atoms with Crippen LogP contribution in [0.25, 0.3) is 22.0 Å². The van der Waals surface area contributed by atoms with Crippen LogP contribution in [-0.2, 0) is 11.2 Å². The van der Waals surface area contributed by atoms with Crippen molar-refractivity contribution in [2.24, 2.45) is 0 Å². The predicted molar refractivity (Wildman–Crippen MR) is 109 cm³/mol. The van der Waals surface area contributed by atoms with Gasteiger partial charge in [-0.05, 0) is 24.4 Å². The van der Waals surface area contributed by atoms with E-state index in [0.29, 0.717) is 27.5 Å². The van der Waals surface area contributed by atoms with E-state index in [9.17, 15) is 4.79 Å². The van der Waals surface area contributed by atoms with Gasteiger partial charge in [-0.15, -0.1) is 22.7 Å².